The number of hydrogen-bond acceptors (Lipinski definition) is 4. The Labute approximate surface area is 231 Å². The maximum Gasteiger partial charge on any atom is 0.407 e. The Morgan fingerprint density at radius 1 is 0.895 bits per heavy atom. The van der Waals surface area contributed by atoms with Gasteiger partial charge in [-0.3, -0.25) is 9.59 Å². The summed E-state index contributed by atoms with van der Waals surface area (Å²) in [6.07, 6.45) is 5.98. The third-order valence-electron chi connectivity index (χ3n) is 7.85. The van der Waals surface area contributed by atoms with Gasteiger partial charge in [-0.05, 0) is 86.3 Å². The monoisotopic (exact) mass is 579 g/mol. The van der Waals surface area contributed by atoms with Crippen molar-refractivity contribution in [2.24, 2.45) is 29.1 Å². The van der Waals surface area contributed by atoms with E-state index in [1.54, 1.807) is 0 Å². The van der Waals surface area contributed by atoms with Crippen molar-refractivity contribution in [3.8, 4) is 0 Å². The van der Waals surface area contributed by atoms with Crippen LogP contribution in [-0.2, 0) is 27.4 Å². The Bertz CT molecular complexity index is 1260. The fourth-order valence-corrected chi connectivity index (χ4v) is 6.38. The van der Waals surface area contributed by atoms with Crippen LogP contribution in [0.1, 0.15) is 44.7 Å². The smallest absolute Gasteiger partial charge is 0.407 e. The Kier molecular flexibility index (Phi) is 7.11. The summed E-state index contributed by atoms with van der Waals surface area (Å²) in [5.41, 5.74) is 2.08. The number of benzene rings is 2. The van der Waals surface area contributed by atoms with Gasteiger partial charge in [0, 0.05) is 23.2 Å². The van der Waals surface area contributed by atoms with E-state index < -0.39 is 11.7 Å². The number of anilines is 1. The molecule has 0 unspecified atom stereocenters. The SMILES string of the molecule is CC(C)(C)OC(=O)NCc1cccc(CNC(=O)[C@H]2[C@H](C(=O)Nc3ccc(Br)cc3)[C@@H]3C=C[C@H]2C32CC2)c1. The van der Waals surface area contributed by atoms with E-state index in [4.69, 9.17) is 4.74 Å². The van der Waals surface area contributed by atoms with Crippen molar-refractivity contribution < 1.29 is 19.1 Å². The molecule has 8 heteroatoms. The number of ether oxygens (including phenoxy) is 1. The molecule has 0 aromatic heterocycles. The molecule has 0 aliphatic heterocycles. The van der Waals surface area contributed by atoms with Crippen molar-refractivity contribution in [3.05, 3.63) is 76.3 Å². The van der Waals surface area contributed by atoms with Crippen LogP contribution in [0.25, 0.3) is 0 Å². The van der Waals surface area contributed by atoms with E-state index in [9.17, 15) is 14.4 Å². The van der Waals surface area contributed by atoms with Gasteiger partial charge in [-0.15, -0.1) is 0 Å². The van der Waals surface area contributed by atoms with E-state index in [2.05, 4.69) is 44.0 Å². The van der Waals surface area contributed by atoms with Gasteiger partial charge in [0.1, 0.15) is 5.60 Å². The van der Waals surface area contributed by atoms with Crippen molar-refractivity contribution in [1.82, 2.24) is 10.6 Å². The van der Waals surface area contributed by atoms with Crippen molar-refractivity contribution in [1.29, 1.82) is 0 Å². The molecule has 3 amide bonds. The second-order valence-electron chi connectivity index (χ2n) is 11.6. The van der Waals surface area contributed by atoms with E-state index in [0.29, 0.717) is 13.1 Å². The minimum absolute atomic E-state index is 0.0664. The first-order chi connectivity index (χ1) is 18.1. The molecule has 0 heterocycles. The summed E-state index contributed by atoms with van der Waals surface area (Å²) in [4.78, 5) is 39.0. The summed E-state index contributed by atoms with van der Waals surface area (Å²) in [7, 11) is 0. The molecule has 200 valence electrons. The van der Waals surface area contributed by atoms with Crippen LogP contribution in [-0.4, -0.2) is 23.5 Å². The highest BCUT2D eigenvalue weighted by Crippen LogP contribution is 2.72. The lowest BCUT2D eigenvalue weighted by atomic mass is 9.81. The molecule has 5 rings (SSSR count). The molecular formula is C30H34BrN3O4. The van der Waals surface area contributed by atoms with E-state index in [1.807, 2.05) is 69.3 Å². The molecule has 2 bridgehead atoms. The van der Waals surface area contributed by atoms with Gasteiger partial charge >= 0.3 is 6.09 Å². The predicted molar refractivity (Wildman–Crippen MR) is 149 cm³/mol. The lowest BCUT2D eigenvalue weighted by molar-refractivity contribution is -0.133. The molecular weight excluding hydrogens is 546 g/mol. The highest BCUT2D eigenvalue weighted by Gasteiger charge is 2.69. The summed E-state index contributed by atoms with van der Waals surface area (Å²) in [5.74, 6) is -0.758. The first kappa shape index (κ1) is 26.5. The van der Waals surface area contributed by atoms with Gasteiger partial charge in [0.05, 0.1) is 11.8 Å². The molecule has 2 fully saturated rings. The van der Waals surface area contributed by atoms with Crippen LogP contribution in [0.5, 0.6) is 0 Å². The Morgan fingerprint density at radius 3 is 2.05 bits per heavy atom. The molecule has 7 nitrogen and oxygen atoms in total. The molecule has 3 aliphatic carbocycles. The average molecular weight is 581 g/mol. The largest absolute Gasteiger partial charge is 0.444 e. The number of hydrogen-bond donors (Lipinski definition) is 3. The van der Waals surface area contributed by atoms with E-state index in [0.717, 1.165) is 34.1 Å². The predicted octanol–water partition coefficient (Wildman–Crippen LogP) is 5.56. The lowest BCUT2D eigenvalue weighted by Gasteiger charge is -2.26. The molecule has 38 heavy (non-hydrogen) atoms. The summed E-state index contributed by atoms with van der Waals surface area (Å²) in [6, 6.07) is 15.2. The first-order valence-corrected chi connectivity index (χ1v) is 13.9. The molecule has 2 aromatic rings. The van der Waals surface area contributed by atoms with Crippen molar-refractivity contribution in [2.45, 2.75) is 52.3 Å². The lowest BCUT2D eigenvalue weighted by Crippen LogP contribution is -2.41. The standard InChI is InChI=1S/C30H34BrN3O4/c1-29(2,3)38-28(37)33-17-19-6-4-5-18(15-19)16-32-26(35)24-22-11-12-23(30(22)13-14-30)25(24)27(36)34-21-9-7-20(31)8-10-21/h4-12,15,22-25H,13-14,16-17H2,1-3H3,(H,32,35)(H,33,37)(H,34,36)/t22-,23+,24-,25-/m1/s1. The van der Waals surface area contributed by atoms with Crippen LogP contribution in [0.15, 0.2) is 65.2 Å². The number of alkyl carbamates (subject to hydrolysis) is 1. The zero-order valence-corrected chi connectivity index (χ0v) is 23.5. The molecule has 0 radical (unpaired) electrons. The Morgan fingerprint density at radius 2 is 1.47 bits per heavy atom. The van der Waals surface area contributed by atoms with Crippen molar-refractivity contribution in [3.63, 3.8) is 0 Å². The summed E-state index contributed by atoms with van der Waals surface area (Å²) in [6.45, 7) is 6.14. The van der Waals surface area contributed by atoms with Crippen molar-refractivity contribution >= 4 is 39.5 Å². The molecule has 1 spiro atoms. The first-order valence-electron chi connectivity index (χ1n) is 13.1. The minimum Gasteiger partial charge on any atom is -0.444 e. The van der Waals surface area contributed by atoms with E-state index >= 15 is 0 Å². The van der Waals surface area contributed by atoms with Gasteiger partial charge in [-0.1, -0.05) is 52.3 Å². The fourth-order valence-electron chi connectivity index (χ4n) is 6.11. The van der Waals surface area contributed by atoms with E-state index in [-0.39, 0.29) is 40.9 Å². The zero-order valence-electron chi connectivity index (χ0n) is 21.9. The van der Waals surface area contributed by atoms with Crippen LogP contribution in [0.3, 0.4) is 0 Å². The molecule has 2 saturated carbocycles. The fraction of sp³-hybridized carbons (Fsp3) is 0.433. The third-order valence-corrected chi connectivity index (χ3v) is 8.38. The van der Waals surface area contributed by atoms with Gasteiger partial charge in [0.15, 0.2) is 0 Å². The number of halogens is 1. The molecule has 0 saturated heterocycles. The number of allylic oxidation sites excluding steroid dienone is 2. The number of amides is 3. The summed E-state index contributed by atoms with van der Waals surface area (Å²) in [5, 5.41) is 8.91. The third kappa shape index (κ3) is 5.51. The van der Waals surface area contributed by atoms with Crippen LogP contribution in [0.4, 0.5) is 10.5 Å². The number of nitrogens with one attached hydrogen (secondary N) is 3. The van der Waals surface area contributed by atoms with Crippen molar-refractivity contribution in [2.75, 3.05) is 5.32 Å². The number of carbonyl (C=O) groups excluding carboxylic acids is 3. The highest BCUT2D eigenvalue weighted by atomic mass is 79.9. The summed E-state index contributed by atoms with van der Waals surface area (Å²) >= 11 is 3.42. The minimum atomic E-state index is -0.558. The van der Waals surface area contributed by atoms with Gasteiger partial charge in [0.2, 0.25) is 11.8 Å². The Hall–Kier alpha value is -3.13. The van der Waals surface area contributed by atoms with Crippen LogP contribution in [0, 0.1) is 29.1 Å². The number of rotatable bonds is 7. The maximum atomic E-state index is 13.6. The van der Waals surface area contributed by atoms with Gasteiger partial charge in [-0.2, -0.15) is 0 Å². The molecule has 2 aromatic carbocycles. The quantitative estimate of drug-likeness (QED) is 0.374. The summed E-state index contributed by atoms with van der Waals surface area (Å²) < 4.78 is 6.24. The molecule has 3 aliphatic rings. The van der Waals surface area contributed by atoms with Crippen LogP contribution in [0.2, 0.25) is 0 Å². The topological polar surface area (TPSA) is 96.5 Å². The normalized spacial score (nSPS) is 24.2. The number of carbonyl (C=O) groups is 3. The maximum absolute atomic E-state index is 13.6. The molecule has 3 N–H and O–H groups in total. The second kappa shape index (κ2) is 10.2. The second-order valence-corrected chi connectivity index (χ2v) is 12.5. The van der Waals surface area contributed by atoms with E-state index in [1.165, 1.54) is 0 Å². The highest BCUT2D eigenvalue weighted by molar-refractivity contribution is 9.10. The van der Waals surface area contributed by atoms with Gasteiger partial charge < -0.3 is 20.7 Å². The Balaban J connectivity index is 1.23. The van der Waals surface area contributed by atoms with Gasteiger partial charge in [0.25, 0.3) is 0 Å². The van der Waals surface area contributed by atoms with Crippen LogP contribution < -0.4 is 16.0 Å². The zero-order chi connectivity index (χ0) is 27.1. The van der Waals surface area contributed by atoms with Gasteiger partial charge in [-0.25, -0.2) is 4.79 Å². The average Bonchev–Trinajstić information content (AvgIpc) is 3.53. The molecule has 4 atom stereocenters. The van der Waals surface area contributed by atoms with Crippen LogP contribution >= 0.6 is 15.9 Å².